The lowest BCUT2D eigenvalue weighted by Gasteiger charge is -2.15. The number of halogens is 3. The minimum atomic E-state index is -4.69. The number of esters is 1. The van der Waals surface area contributed by atoms with Crippen LogP contribution < -0.4 is 0 Å². The Hall–Kier alpha value is -3.17. The van der Waals surface area contributed by atoms with Gasteiger partial charge in [0, 0.05) is 5.57 Å². The van der Waals surface area contributed by atoms with Crippen molar-refractivity contribution in [1.29, 1.82) is 0 Å². The maximum absolute atomic E-state index is 12.9. The molecule has 0 aromatic heterocycles. The molecular formula is C17H14F3NO6. The quantitative estimate of drug-likeness (QED) is 0.449. The van der Waals surface area contributed by atoms with E-state index in [9.17, 15) is 32.3 Å². The van der Waals surface area contributed by atoms with Crippen LogP contribution in [-0.4, -0.2) is 34.9 Å². The maximum atomic E-state index is 12.9. The largest absolute Gasteiger partial charge is 0.448 e. The van der Waals surface area contributed by atoms with Crippen molar-refractivity contribution >= 4 is 23.8 Å². The van der Waals surface area contributed by atoms with E-state index in [0.29, 0.717) is 6.07 Å². The highest BCUT2D eigenvalue weighted by atomic mass is 19.4. The molecule has 1 heterocycles. The summed E-state index contributed by atoms with van der Waals surface area (Å²) >= 11 is 0. The SMILES string of the molecule is C=C(C)C(=O)OC1CC(=O)N(OC(=O)c2cc(C)cc(C(F)(F)F)c2)C1=O. The highest BCUT2D eigenvalue weighted by Crippen LogP contribution is 2.31. The monoisotopic (exact) mass is 385 g/mol. The molecule has 0 spiro atoms. The summed E-state index contributed by atoms with van der Waals surface area (Å²) < 4.78 is 43.3. The Morgan fingerprint density at radius 3 is 2.41 bits per heavy atom. The molecule has 10 heteroatoms. The number of hydroxylamine groups is 2. The molecule has 1 fully saturated rings. The number of imide groups is 1. The molecule has 2 amide bonds. The number of amides is 2. The second-order valence-corrected chi connectivity index (χ2v) is 5.87. The van der Waals surface area contributed by atoms with Gasteiger partial charge in [0.05, 0.1) is 17.5 Å². The van der Waals surface area contributed by atoms with Crippen molar-refractivity contribution in [2.24, 2.45) is 0 Å². The van der Waals surface area contributed by atoms with Crippen molar-refractivity contribution in [1.82, 2.24) is 5.06 Å². The van der Waals surface area contributed by atoms with E-state index in [4.69, 9.17) is 4.74 Å². The van der Waals surface area contributed by atoms with Gasteiger partial charge < -0.3 is 9.57 Å². The first-order valence-electron chi connectivity index (χ1n) is 7.54. The maximum Gasteiger partial charge on any atom is 0.416 e. The van der Waals surface area contributed by atoms with Crippen molar-refractivity contribution in [3.63, 3.8) is 0 Å². The number of benzene rings is 1. The molecule has 0 saturated carbocycles. The Bertz CT molecular complexity index is 846. The molecule has 1 atom stereocenters. The molecular weight excluding hydrogens is 371 g/mol. The lowest BCUT2D eigenvalue weighted by molar-refractivity contribution is -0.177. The van der Waals surface area contributed by atoms with E-state index in [1.807, 2.05) is 0 Å². The van der Waals surface area contributed by atoms with Gasteiger partial charge in [-0.15, -0.1) is 0 Å². The number of hydrogen-bond acceptors (Lipinski definition) is 6. The number of carbonyl (C=O) groups is 4. The first-order chi connectivity index (χ1) is 12.4. The van der Waals surface area contributed by atoms with E-state index in [1.165, 1.54) is 13.8 Å². The van der Waals surface area contributed by atoms with Crippen molar-refractivity contribution in [2.75, 3.05) is 0 Å². The van der Waals surface area contributed by atoms with Crippen molar-refractivity contribution in [3.05, 3.63) is 47.0 Å². The Kier molecular flexibility index (Phi) is 5.38. The van der Waals surface area contributed by atoms with Crippen LogP contribution in [0.2, 0.25) is 0 Å². The first kappa shape index (κ1) is 20.1. The summed E-state index contributed by atoms with van der Waals surface area (Å²) in [5, 5.41) is 0.0777. The average molecular weight is 385 g/mol. The molecule has 1 aromatic carbocycles. The molecule has 0 N–H and O–H groups in total. The van der Waals surface area contributed by atoms with E-state index < -0.39 is 53.6 Å². The summed E-state index contributed by atoms with van der Waals surface area (Å²) in [6.07, 6.45) is -6.76. The van der Waals surface area contributed by atoms with Crippen LogP contribution in [0, 0.1) is 6.92 Å². The zero-order valence-corrected chi connectivity index (χ0v) is 14.3. The fourth-order valence-corrected chi connectivity index (χ4v) is 2.20. The Morgan fingerprint density at radius 1 is 1.22 bits per heavy atom. The minimum absolute atomic E-state index is 0.00913. The van der Waals surface area contributed by atoms with Crippen LogP contribution >= 0.6 is 0 Å². The van der Waals surface area contributed by atoms with Crippen LogP contribution in [0.15, 0.2) is 30.4 Å². The predicted molar refractivity (Wildman–Crippen MR) is 82.8 cm³/mol. The summed E-state index contributed by atoms with van der Waals surface area (Å²) in [4.78, 5) is 52.1. The Morgan fingerprint density at radius 2 is 1.85 bits per heavy atom. The smallest absolute Gasteiger partial charge is 0.416 e. The number of carbonyl (C=O) groups excluding carboxylic acids is 4. The van der Waals surface area contributed by atoms with E-state index in [1.54, 1.807) is 0 Å². The molecule has 1 unspecified atom stereocenters. The summed E-state index contributed by atoms with van der Waals surface area (Å²) in [7, 11) is 0. The Balaban J connectivity index is 2.17. The van der Waals surface area contributed by atoms with Crippen molar-refractivity contribution in [3.8, 4) is 0 Å². The summed E-state index contributed by atoms with van der Waals surface area (Å²) in [5.74, 6) is -4.34. The van der Waals surface area contributed by atoms with Gasteiger partial charge >= 0.3 is 24.0 Å². The van der Waals surface area contributed by atoms with Crippen LogP contribution in [-0.2, 0) is 30.1 Å². The molecule has 2 rings (SSSR count). The van der Waals surface area contributed by atoms with Crippen LogP contribution in [0.4, 0.5) is 13.2 Å². The van der Waals surface area contributed by atoms with Gasteiger partial charge in [0.1, 0.15) is 0 Å². The molecule has 1 saturated heterocycles. The van der Waals surface area contributed by atoms with Crippen molar-refractivity contribution < 1.29 is 41.9 Å². The highest BCUT2D eigenvalue weighted by molar-refractivity contribution is 6.06. The third-order valence-electron chi connectivity index (χ3n) is 3.47. The summed E-state index contributed by atoms with van der Waals surface area (Å²) in [6, 6.07) is 2.48. The van der Waals surface area contributed by atoms with Gasteiger partial charge in [-0.3, -0.25) is 9.59 Å². The number of rotatable bonds is 4. The van der Waals surface area contributed by atoms with Gasteiger partial charge in [-0.2, -0.15) is 13.2 Å². The number of nitrogens with zero attached hydrogens (tertiary/aromatic N) is 1. The topological polar surface area (TPSA) is 90.0 Å². The zero-order chi connectivity index (χ0) is 20.5. The van der Waals surface area contributed by atoms with Gasteiger partial charge in [-0.05, 0) is 37.6 Å². The second kappa shape index (κ2) is 7.22. The molecule has 1 aliphatic heterocycles. The molecule has 27 heavy (non-hydrogen) atoms. The lowest BCUT2D eigenvalue weighted by atomic mass is 10.1. The molecule has 1 aliphatic rings. The van der Waals surface area contributed by atoms with Crippen LogP contribution in [0.1, 0.15) is 34.8 Å². The van der Waals surface area contributed by atoms with Gasteiger partial charge in [0.2, 0.25) is 0 Å². The van der Waals surface area contributed by atoms with E-state index in [-0.39, 0.29) is 16.2 Å². The number of aryl methyl sites for hydroxylation is 1. The van der Waals surface area contributed by atoms with Crippen molar-refractivity contribution in [2.45, 2.75) is 32.5 Å². The first-order valence-corrected chi connectivity index (χ1v) is 7.54. The van der Waals surface area contributed by atoms with Gasteiger partial charge in [-0.25, -0.2) is 9.59 Å². The second-order valence-electron chi connectivity index (χ2n) is 5.87. The molecule has 1 aromatic rings. The number of alkyl halides is 3. The van der Waals surface area contributed by atoms with Gasteiger partial charge in [0.25, 0.3) is 5.91 Å². The molecule has 7 nitrogen and oxygen atoms in total. The Labute approximate surface area is 151 Å². The van der Waals surface area contributed by atoms with Gasteiger partial charge in [-0.1, -0.05) is 11.6 Å². The predicted octanol–water partition coefficient (Wildman–Crippen LogP) is 2.33. The highest BCUT2D eigenvalue weighted by Gasteiger charge is 2.44. The van der Waals surface area contributed by atoms with E-state index in [2.05, 4.69) is 11.4 Å². The third kappa shape index (κ3) is 4.52. The molecule has 144 valence electrons. The van der Waals surface area contributed by atoms with Crippen LogP contribution in [0.3, 0.4) is 0 Å². The zero-order valence-electron chi connectivity index (χ0n) is 14.3. The number of ether oxygens (including phenoxy) is 1. The van der Waals surface area contributed by atoms with Crippen LogP contribution in [0.5, 0.6) is 0 Å². The summed E-state index contributed by atoms with van der Waals surface area (Å²) in [6.45, 7) is 5.99. The fourth-order valence-electron chi connectivity index (χ4n) is 2.20. The molecule has 0 aliphatic carbocycles. The lowest BCUT2D eigenvalue weighted by Crippen LogP contribution is -2.35. The standard InChI is InChI=1S/C17H14F3NO6/c1-8(2)15(24)26-12-7-13(22)21(14(12)23)27-16(25)10-4-9(3)5-11(6-10)17(18,19)20/h4-6,12H,1,7H2,2-3H3. The third-order valence-corrected chi connectivity index (χ3v) is 3.47. The number of hydrogen-bond donors (Lipinski definition) is 0. The minimum Gasteiger partial charge on any atom is -0.448 e. The average Bonchev–Trinajstić information content (AvgIpc) is 2.80. The van der Waals surface area contributed by atoms with E-state index in [0.717, 1.165) is 12.1 Å². The molecule has 0 bridgehead atoms. The van der Waals surface area contributed by atoms with Crippen LogP contribution in [0.25, 0.3) is 0 Å². The summed E-state index contributed by atoms with van der Waals surface area (Å²) in [5.41, 5.74) is -1.46. The van der Waals surface area contributed by atoms with E-state index >= 15 is 0 Å². The fraction of sp³-hybridized carbons (Fsp3) is 0.294. The van der Waals surface area contributed by atoms with Gasteiger partial charge in [0.15, 0.2) is 6.10 Å². The normalized spacial score (nSPS) is 17.1. The molecule has 0 radical (unpaired) electrons.